The summed E-state index contributed by atoms with van der Waals surface area (Å²) in [4.78, 5) is 22.5. The molecule has 1 aromatic rings. The highest BCUT2D eigenvalue weighted by Crippen LogP contribution is 2.24. The molecule has 0 saturated heterocycles. The molecule has 0 bridgehead atoms. The van der Waals surface area contributed by atoms with Crippen LogP contribution in [-0.4, -0.2) is 37.8 Å². The summed E-state index contributed by atoms with van der Waals surface area (Å²) in [6.07, 6.45) is 2.31. The van der Waals surface area contributed by atoms with Crippen LogP contribution in [0.4, 0.5) is 11.9 Å². The van der Waals surface area contributed by atoms with E-state index in [1.165, 1.54) is 11.8 Å². The van der Waals surface area contributed by atoms with Crippen LogP contribution in [-0.2, 0) is 4.79 Å². The fourth-order valence-corrected chi connectivity index (χ4v) is 1.91. The zero-order valence-corrected chi connectivity index (χ0v) is 9.90. The minimum atomic E-state index is -0.837. The molecule has 1 heterocycles. The normalized spacial score (nSPS) is 14.6. The van der Waals surface area contributed by atoms with Crippen molar-refractivity contribution in [3.63, 3.8) is 0 Å². The van der Waals surface area contributed by atoms with Gasteiger partial charge in [0.15, 0.2) is 5.16 Å². The molecule has 2 rings (SSSR count). The van der Waals surface area contributed by atoms with E-state index in [1.807, 2.05) is 0 Å². The van der Waals surface area contributed by atoms with Crippen molar-refractivity contribution in [3.8, 4) is 0 Å². The zero-order valence-electron chi connectivity index (χ0n) is 9.09. The van der Waals surface area contributed by atoms with E-state index in [0.717, 1.165) is 12.8 Å². The van der Waals surface area contributed by atoms with E-state index in [-0.39, 0.29) is 12.4 Å². The van der Waals surface area contributed by atoms with Crippen LogP contribution >= 0.6 is 11.8 Å². The van der Waals surface area contributed by atoms with Crippen molar-refractivity contribution < 1.29 is 9.90 Å². The van der Waals surface area contributed by atoms with Crippen LogP contribution in [0, 0.1) is 0 Å². The monoisotopic (exact) mass is 255 g/mol. The quantitative estimate of drug-likeness (QED) is 0.633. The fourth-order valence-electron chi connectivity index (χ4n) is 1.14. The largest absolute Gasteiger partial charge is 0.481 e. The lowest BCUT2D eigenvalue weighted by molar-refractivity contribution is -0.136. The minimum Gasteiger partial charge on any atom is -0.481 e. The maximum Gasteiger partial charge on any atom is 0.304 e. The van der Waals surface area contributed by atoms with Gasteiger partial charge in [0.1, 0.15) is 0 Å². The second kappa shape index (κ2) is 5.17. The predicted octanol–water partition coefficient (Wildman–Crippen LogP) is 0.595. The standard InChI is InChI=1S/C9H13N5O2S/c10-7-12-8(11-5-1-2-5)14-9(13-7)17-4-3-6(15)16/h5H,1-4H2,(H,15,16)(H3,10,11,12,13,14). The number of hydrogen-bond donors (Lipinski definition) is 3. The lowest BCUT2D eigenvalue weighted by Gasteiger charge is -2.05. The molecule has 1 aliphatic rings. The van der Waals surface area contributed by atoms with Crippen molar-refractivity contribution >= 4 is 29.6 Å². The number of rotatable bonds is 6. The van der Waals surface area contributed by atoms with Gasteiger partial charge in [-0.3, -0.25) is 4.79 Å². The zero-order chi connectivity index (χ0) is 12.3. The Kier molecular flexibility index (Phi) is 3.62. The van der Waals surface area contributed by atoms with Crippen molar-refractivity contribution in [2.24, 2.45) is 0 Å². The predicted molar refractivity (Wildman–Crippen MR) is 63.9 cm³/mol. The van der Waals surface area contributed by atoms with Gasteiger partial charge in [0.2, 0.25) is 11.9 Å². The van der Waals surface area contributed by atoms with Gasteiger partial charge < -0.3 is 16.2 Å². The molecule has 7 nitrogen and oxygen atoms in total. The Balaban J connectivity index is 1.95. The minimum absolute atomic E-state index is 0.0711. The van der Waals surface area contributed by atoms with Crippen LogP contribution in [0.3, 0.4) is 0 Å². The number of anilines is 2. The highest BCUT2D eigenvalue weighted by atomic mass is 32.2. The maximum absolute atomic E-state index is 10.4. The molecular weight excluding hydrogens is 242 g/mol. The van der Waals surface area contributed by atoms with E-state index in [9.17, 15) is 4.79 Å². The van der Waals surface area contributed by atoms with Crippen LogP contribution < -0.4 is 11.1 Å². The van der Waals surface area contributed by atoms with Gasteiger partial charge in [0.25, 0.3) is 0 Å². The molecular formula is C9H13N5O2S. The second-order valence-electron chi connectivity index (χ2n) is 3.71. The van der Waals surface area contributed by atoms with Gasteiger partial charge in [-0.25, -0.2) is 0 Å². The third kappa shape index (κ3) is 4.06. The van der Waals surface area contributed by atoms with Gasteiger partial charge >= 0.3 is 5.97 Å². The Labute approximate surface area is 102 Å². The molecule has 8 heteroatoms. The summed E-state index contributed by atoms with van der Waals surface area (Å²) in [5.41, 5.74) is 5.56. The Bertz CT molecular complexity index is 424. The highest BCUT2D eigenvalue weighted by Gasteiger charge is 2.22. The number of nitrogens with two attached hydrogens (primary N) is 1. The van der Waals surface area contributed by atoms with Gasteiger partial charge in [-0.15, -0.1) is 0 Å². The fraction of sp³-hybridized carbons (Fsp3) is 0.556. The van der Waals surface area contributed by atoms with Crippen LogP contribution in [0.1, 0.15) is 19.3 Å². The van der Waals surface area contributed by atoms with Crippen molar-refractivity contribution in [1.29, 1.82) is 0 Å². The van der Waals surface area contributed by atoms with Gasteiger partial charge in [-0.1, -0.05) is 11.8 Å². The second-order valence-corrected chi connectivity index (χ2v) is 4.77. The number of hydrogen-bond acceptors (Lipinski definition) is 7. The number of thioether (sulfide) groups is 1. The summed E-state index contributed by atoms with van der Waals surface area (Å²) < 4.78 is 0. The molecule has 17 heavy (non-hydrogen) atoms. The molecule has 0 amide bonds. The molecule has 0 unspecified atom stereocenters. The van der Waals surface area contributed by atoms with E-state index in [4.69, 9.17) is 10.8 Å². The van der Waals surface area contributed by atoms with Gasteiger partial charge in [-0.2, -0.15) is 15.0 Å². The number of nitrogens with zero attached hydrogens (tertiary/aromatic N) is 3. The van der Waals surface area contributed by atoms with Crippen molar-refractivity contribution in [2.45, 2.75) is 30.5 Å². The van der Waals surface area contributed by atoms with E-state index in [1.54, 1.807) is 0 Å². The first-order chi connectivity index (χ1) is 8.13. The molecule has 0 spiro atoms. The Morgan fingerprint density at radius 1 is 1.47 bits per heavy atom. The molecule has 0 atom stereocenters. The first-order valence-corrected chi connectivity index (χ1v) is 6.25. The number of carboxylic acid groups (broad SMARTS) is 1. The van der Waals surface area contributed by atoms with Gasteiger partial charge in [0, 0.05) is 11.8 Å². The average Bonchev–Trinajstić information content (AvgIpc) is 3.00. The summed E-state index contributed by atoms with van der Waals surface area (Å²) in [7, 11) is 0. The molecule has 1 aliphatic carbocycles. The molecule has 1 saturated carbocycles. The third-order valence-corrected chi connectivity index (χ3v) is 2.94. The van der Waals surface area contributed by atoms with Crippen molar-refractivity contribution in [3.05, 3.63) is 0 Å². The van der Waals surface area contributed by atoms with E-state index >= 15 is 0 Å². The number of nitrogens with one attached hydrogen (secondary N) is 1. The van der Waals surface area contributed by atoms with Gasteiger partial charge in [0.05, 0.1) is 6.42 Å². The summed E-state index contributed by atoms with van der Waals surface area (Å²) in [6, 6.07) is 0.439. The summed E-state index contributed by atoms with van der Waals surface area (Å²) in [5, 5.41) is 12.1. The molecule has 1 fully saturated rings. The first-order valence-electron chi connectivity index (χ1n) is 5.26. The molecule has 0 radical (unpaired) electrons. The van der Waals surface area contributed by atoms with E-state index in [0.29, 0.717) is 22.9 Å². The lowest BCUT2D eigenvalue weighted by Crippen LogP contribution is -2.09. The molecule has 92 valence electrons. The number of aromatic nitrogens is 3. The molecule has 1 aromatic heterocycles. The number of carbonyl (C=O) groups is 1. The number of aliphatic carboxylic acids is 1. The SMILES string of the molecule is Nc1nc(NC2CC2)nc(SCCC(=O)O)n1. The maximum atomic E-state index is 10.4. The van der Waals surface area contributed by atoms with Crippen molar-refractivity contribution in [1.82, 2.24) is 15.0 Å². The Morgan fingerprint density at radius 2 is 2.24 bits per heavy atom. The average molecular weight is 255 g/mol. The Morgan fingerprint density at radius 3 is 2.88 bits per heavy atom. The smallest absolute Gasteiger partial charge is 0.304 e. The lowest BCUT2D eigenvalue weighted by atomic mass is 10.5. The highest BCUT2D eigenvalue weighted by molar-refractivity contribution is 7.99. The van der Waals surface area contributed by atoms with Gasteiger partial charge in [-0.05, 0) is 12.8 Å². The summed E-state index contributed by atoms with van der Waals surface area (Å²) >= 11 is 1.26. The van der Waals surface area contributed by atoms with Crippen LogP contribution in [0.15, 0.2) is 5.16 Å². The first kappa shape index (κ1) is 11.9. The van der Waals surface area contributed by atoms with Crippen LogP contribution in [0.2, 0.25) is 0 Å². The van der Waals surface area contributed by atoms with Crippen LogP contribution in [0.25, 0.3) is 0 Å². The molecule has 0 aromatic carbocycles. The third-order valence-electron chi connectivity index (χ3n) is 2.09. The van der Waals surface area contributed by atoms with Crippen molar-refractivity contribution in [2.75, 3.05) is 16.8 Å². The van der Waals surface area contributed by atoms with E-state index < -0.39 is 5.97 Å². The molecule has 0 aliphatic heterocycles. The van der Waals surface area contributed by atoms with E-state index in [2.05, 4.69) is 20.3 Å². The van der Waals surface area contributed by atoms with Crippen LogP contribution in [0.5, 0.6) is 0 Å². The number of carboxylic acids is 1. The Hall–Kier alpha value is -1.57. The molecule has 4 N–H and O–H groups in total. The summed E-state index contributed by atoms with van der Waals surface area (Å²) in [5.74, 6) is 0.205. The topological polar surface area (TPSA) is 114 Å². The summed E-state index contributed by atoms with van der Waals surface area (Å²) in [6.45, 7) is 0. The number of nitrogen functional groups attached to an aromatic ring is 1.